The van der Waals surface area contributed by atoms with Crippen molar-refractivity contribution in [3.63, 3.8) is 0 Å². The molecule has 0 aliphatic heterocycles. The van der Waals surface area contributed by atoms with Crippen LogP contribution in [0.2, 0.25) is 0 Å². The highest BCUT2D eigenvalue weighted by atomic mass is 32.2. The molecule has 0 aliphatic rings. The summed E-state index contributed by atoms with van der Waals surface area (Å²) in [5, 5.41) is 0. The van der Waals surface area contributed by atoms with Crippen LogP contribution in [-0.2, 0) is 22.0 Å². The van der Waals surface area contributed by atoms with Gasteiger partial charge >= 0.3 is 6.18 Å². The molecule has 5 nitrogen and oxygen atoms in total. The van der Waals surface area contributed by atoms with Crippen LogP contribution in [0.4, 0.5) is 13.2 Å². The van der Waals surface area contributed by atoms with Crippen LogP contribution < -0.4 is 9.46 Å². The van der Waals surface area contributed by atoms with Crippen molar-refractivity contribution in [3.05, 3.63) is 59.4 Å². The maximum atomic E-state index is 12.5. The summed E-state index contributed by atoms with van der Waals surface area (Å²) in [6.45, 7) is 1.80. The average molecular weight is 398 g/mol. The Kier molecular flexibility index (Phi) is 6.82. The molecule has 0 radical (unpaired) electrons. The van der Waals surface area contributed by atoms with Gasteiger partial charge in [-0.25, -0.2) is 13.1 Å². The molecule has 0 fully saturated rings. The Morgan fingerprint density at radius 2 is 1.81 bits per heavy atom. The van der Waals surface area contributed by atoms with E-state index in [9.17, 15) is 21.6 Å². The fourth-order valence-electron chi connectivity index (χ4n) is 1.98. The molecule has 0 saturated heterocycles. The zero-order valence-corrected chi connectivity index (χ0v) is 15.2. The number of aromatic nitrogens is 1. The molecule has 0 spiro atoms. The molecule has 0 atom stereocenters. The summed E-state index contributed by atoms with van der Waals surface area (Å²) >= 11 is 0. The van der Waals surface area contributed by atoms with Gasteiger partial charge in [0.1, 0.15) is 12.4 Å². The molecule has 0 amide bonds. The van der Waals surface area contributed by atoms with Crippen LogP contribution >= 0.6 is 0 Å². The summed E-state index contributed by atoms with van der Waals surface area (Å²) in [6.07, 6.45) is -2.90. The van der Waals surface area contributed by atoms with Crippen LogP contribution in [0.1, 0.15) is 16.8 Å². The number of pyridine rings is 1. The first-order valence-corrected chi connectivity index (χ1v) is 9.45. The van der Waals surface area contributed by atoms with Gasteiger partial charge in [-0.05, 0) is 36.8 Å². The minimum atomic E-state index is -4.46. The molecule has 27 heavy (non-hydrogen) atoms. The average Bonchev–Trinajstić information content (AvgIpc) is 2.59. The largest absolute Gasteiger partial charge is 0.479 e. The van der Waals surface area contributed by atoms with Gasteiger partial charge in [-0.2, -0.15) is 13.2 Å². The van der Waals surface area contributed by atoms with Crippen molar-refractivity contribution in [1.82, 2.24) is 9.71 Å². The third-order valence-corrected chi connectivity index (χ3v) is 4.64. The van der Waals surface area contributed by atoms with E-state index in [0.717, 1.165) is 30.0 Å². The summed E-state index contributed by atoms with van der Waals surface area (Å²) in [5.74, 6) is 5.38. The minimum Gasteiger partial charge on any atom is -0.479 e. The molecule has 0 bridgehead atoms. The topological polar surface area (TPSA) is 68.3 Å². The normalized spacial score (nSPS) is 11.6. The van der Waals surface area contributed by atoms with Crippen LogP contribution in [-0.4, -0.2) is 26.6 Å². The Morgan fingerprint density at radius 3 is 2.41 bits per heavy atom. The molecule has 2 aromatic rings. The summed E-state index contributed by atoms with van der Waals surface area (Å²) in [5.41, 5.74) is 0.279. The Bertz CT molecular complexity index is 914. The predicted molar refractivity (Wildman–Crippen MR) is 94.3 cm³/mol. The van der Waals surface area contributed by atoms with Gasteiger partial charge in [0.15, 0.2) is 0 Å². The van der Waals surface area contributed by atoms with Crippen molar-refractivity contribution in [2.75, 3.05) is 13.2 Å². The van der Waals surface area contributed by atoms with E-state index in [2.05, 4.69) is 21.5 Å². The van der Waals surface area contributed by atoms with Crippen molar-refractivity contribution >= 4 is 10.0 Å². The number of alkyl halides is 3. The Balaban J connectivity index is 1.79. The molecule has 1 aromatic carbocycles. The summed E-state index contributed by atoms with van der Waals surface area (Å²) in [6, 6.07) is 7.51. The second-order valence-corrected chi connectivity index (χ2v) is 7.36. The molecule has 9 heteroatoms. The number of nitrogens with one attached hydrogen (secondary N) is 1. The van der Waals surface area contributed by atoms with E-state index in [1.807, 2.05) is 6.92 Å². The Morgan fingerprint density at radius 1 is 1.11 bits per heavy atom. The quantitative estimate of drug-likeness (QED) is 0.760. The number of rotatable bonds is 6. The number of hydrogen-bond donors (Lipinski definition) is 1. The number of hydrogen-bond acceptors (Lipinski definition) is 4. The fourth-order valence-corrected chi connectivity index (χ4v) is 3.00. The zero-order chi connectivity index (χ0) is 19.9. The third kappa shape index (κ3) is 7.29. The molecular formula is C18H17F3N2O3S. The monoisotopic (exact) mass is 398 g/mol. The van der Waals surface area contributed by atoms with E-state index >= 15 is 0 Å². The van der Waals surface area contributed by atoms with Gasteiger partial charge in [0.05, 0.1) is 24.1 Å². The number of aryl methyl sites for hydroxylation is 1. The lowest BCUT2D eigenvalue weighted by atomic mass is 10.1. The van der Waals surface area contributed by atoms with E-state index < -0.39 is 27.5 Å². The molecule has 0 saturated carbocycles. The number of nitrogens with zero attached hydrogens (tertiary/aromatic N) is 1. The summed E-state index contributed by atoms with van der Waals surface area (Å²) in [7, 11) is -3.71. The van der Waals surface area contributed by atoms with Gasteiger partial charge in [-0.3, -0.25) is 4.98 Å². The lowest BCUT2D eigenvalue weighted by molar-refractivity contribution is -0.137. The molecule has 2 rings (SSSR count). The molecule has 1 heterocycles. The van der Waals surface area contributed by atoms with Crippen LogP contribution in [0.25, 0.3) is 0 Å². The summed E-state index contributed by atoms with van der Waals surface area (Å²) in [4.78, 5) is 4.06. The first-order chi connectivity index (χ1) is 12.7. The highest BCUT2D eigenvalue weighted by Gasteiger charge is 2.30. The Hall–Kier alpha value is -2.57. The lowest BCUT2D eigenvalue weighted by Crippen LogP contribution is -2.25. The standard InChI is InChI=1S/C18H17F3N2O3S/c1-14-4-9-17(12-22-14)26-11-3-2-10-23-27(24,25)13-15-5-7-16(8-6-15)18(19,20)21/h4-9,12,23H,10-11,13H2,1H3. The van der Waals surface area contributed by atoms with Gasteiger partial charge in [-0.15, -0.1) is 0 Å². The maximum Gasteiger partial charge on any atom is 0.416 e. The number of sulfonamides is 1. The highest BCUT2D eigenvalue weighted by Crippen LogP contribution is 2.29. The van der Waals surface area contributed by atoms with Gasteiger partial charge < -0.3 is 4.74 Å². The van der Waals surface area contributed by atoms with Crippen LogP contribution in [0.5, 0.6) is 5.75 Å². The Labute approximate surface area is 155 Å². The van der Waals surface area contributed by atoms with Gasteiger partial charge in [0, 0.05) is 5.69 Å². The third-order valence-electron chi connectivity index (χ3n) is 3.34. The van der Waals surface area contributed by atoms with Gasteiger partial charge in [0.2, 0.25) is 10.0 Å². The smallest absolute Gasteiger partial charge is 0.416 e. The zero-order valence-electron chi connectivity index (χ0n) is 14.4. The molecule has 144 valence electrons. The van der Waals surface area contributed by atoms with Crippen LogP contribution in [0.15, 0.2) is 42.6 Å². The lowest BCUT2D eigenvalue weighted by Gasteiger charge is -2.08. The van der Waals surface area contributed by atoms with Gasteiger partial charge in [0.25, 0.3) is 0 Å². The van der Waals surface area contributed by atoms with Gasteiger partial charge in [-0.1, -0.05) is 24.0 Å². The van der Waals surface area contributed by atoms with Crippen molar-refractivity contribution in [2.24, 2.45) is 0 Å². The molecule has 1 N–H and O–H groups in total. The summed E-state index contributed by atoms with van der Waals surface area (Å²) < 4.78 is 68.9. The maximum absolute atomic E-state index is 12.5. The predicted octanol–water partition coefficient (Wildman–Crippen LogP) is 2.91. The number of benzene rings is 1. The van der Waals surface area contributed by atoms with E-state index in [1.54, 1.807) is 18.3 Å². The SMILES string of the molecule is Cc1ccc(OCC#CCNS(=O)(=O)Cc2ccc(C(F)(F)F)cc2)cn1. The second kappa shape index (κ2) is 8.88. The molecular weight excluding hydrogens is 381 g/mol. The van der Waals surface area contributed by atoms with Crippen LogP contribution in [0, 0.1) is 18.8 Å². The highest BCUT2D eigenvalue weighted by molar-refractivity contribution is 7.88. The molecule has 0 unspecified atom stereocenters. The van der Waals surface area contributed by atoms with Crippen molar-refractivity contribution in [3.8, 4) is 17.6 Å². The van der Waals surface area contributed by atoms with E-state index in [-0.39, 0.29) is 18.7 Å². The van der Waals surface area contributed by atoms with Crippen molar-refractivity contribution in [2.45, 2.75) is 18.9 Å². The van der Waals surface area contributed by atoms with E-state index in [1.165, 1.54) is 0 Å². The van der Waals surface area contributed by atoms with Crippen molar-refractivity contribution in [1.29, 1.82) is 0 Å². The van der Waals surface area contributed by atoms with E-state index in [4.69, 9.17) is 4.74 Å². The fraction of sp³-hybridized carbons (Fsp3) is 0.278. The second-order valence-electron chi connectivity index (χ2n) is 5.55. The number of ether oxygens (including phenoxy) is 1. The van der Waals surface area contributed by atoms with Crippen molar-refractivity contribution < 1.29 is 26.3 Å². The van der Waals surface area contributed by atoms with Crippen LogP contribution in [0.3, 0.4) is 0 Å². The number of halogens is 3. The van der Waals surface area contributed by atoms with E-state index in [0.29, 0.717) is 5.75 Å². The first-order valence-electron chi connectivity index (χ1n) is 7.80. The molecule has 0 aliphatic carbocycles. The molecule has 1 aromatic heterocycles. The minimum absolute atomic E-state index is 0.0748. The first kappa shape index (κ1) is 20.7.